The van der Waals surface area contributed by atoms with E-state index in [4.69, 9.17) is 5.73 Å². The molecule has 0 fully saturated rings. The summed E-state index contributed by atoms with van der Waals surface area (Å²) in [4.78, 5) is 22.9. The fourth-order valence-electron chi connectivity index (χ4n) is 2.91. The van der Waals surface area contributed by atoms with Crippen molar-refractivity contribution in [2.24, 2.45) is 5.73 Å². The first-order valence-corrected chi connectivity index (χ1v) is 7.62. The first kappa shape index (κ1) is 18.2. The third kappa shape index (κ3) is 3.34. The minimum absolute atomic E-state index is 0. The zero-order chi connectivity index (χ0) is 16.6. The summed E-state index contributed by atoms with van der Waals surface area (Å²) < 4.78 is 0. The Bertz CT molecular complexity index is 750. The van der Waals surface area contributed by atoms with Crippen LogP contribution in [0, 0.1) is 6.92 Å². The van der Waals surface area contributed by atoms with Crippen LogP contribution in [0.2, 0.25) is 0 Å². The number of nitrogens with zero attached hydrogens (tertiary/aromatic N) is 3. The molecule has 7 heteroatoms. The molecular formula is C17H22ClN5O. The molecule has 2 atom stereocenters. The van der Waals surface area contributed by atoms with Gasteiger partial charge in [0.2, 0.25) is 5.95 Å². The summed E-state index contributed by atoms with van der Waals surface area (Å²) in [5.74, 6) is 0.407. The Hall–Kier alpha value is -2.18. The number of rotatable bonds is 3. The molecule has 3 rings (SSSR count). The van der Waals surface area contributed by atoms with Crippen LogP contribution in [0.5, 0.6) is 0 Å². The Morgan fingerprint density at radius 2 is 2.04 bits per heavy atom. The fraction of sp³-hybridized carbons (Fsp3) is 0.353. The normalized spacial score (nSPS) is 18.5. The van der Waals surface area contributed by atoms with Gasteiger partial charge in [0.25, 0.3) is 5.91 Å². The molecule has 3 N–H and O–H groups in total. The van der Waals surface area contributed by atoms with Crippen LogP contribution in [0.1, 0.15) is 33.2 Å². The van der Waals surface area contributed by atoms with E-state index in [0.29, 0.717) is 17.2 Å². The summed E-state index contributed by atoms with van der Waals surface area (Å²) in [6.07, 6.45) is 2.32. The van der Waals surface area contributed by atoms with Gasteiger partial charge in [-0.2, -0.15) is 0 Å². The molecule has 0 radical (unpaired) electrons. The maximum Gasteiger partial charge on any atom is 0.254 e. The molecule has 0 saturated heterocycles. The Balaban J connectivity index is 0.00000208. The van der Waals surface area contributed by atoms with Gasteiger partial charge in [0.05, 0.1) is 23.3 Å². The minimum atomic E-state index is -0.183. The minimum Gasteiger partial charge on any atom is -0.347 e. The maximum atomic E-state index is 12.5. The van der Waals surface area contributed by atoms with E-state index in [0.717, 1.165) is 12.0 Å². The Labute approximate surface area is 147 Å². The van der Waals surface area contributed by atoms with Gasteiger partial charge in [-0.1, -0.05) is 24.3 Å². The number of nitrogens with one attached hydrogen (secondary N) is 1. The summed E-state index contributed by atoms with van der Waals surface area (Å²) in [6, 6.07) is 7.76. The number of nitrogens with two attached hydrogens (primary N) is 1. The standard InChI is InChI=1S/C17H21N5O.ClH/c1-10-13(9-19-17(20-10)22(2)3)16(23)21-14-8-11-6-4-5-7-12(11)15(14)18;/h4-7,9,14-15H,8,18H2,1-3H3,(H,21,23);1H/t14-,15-;/m0./s1. The van der Waals surface area contributed by atoms with Crippen LogP contribution >= 0.6 is 12.4 Å². The molecule has 6 nitrogen and oxygen atoms in total. The highest BCUT2D eigenvalue weighted by Crippen LogP contribution is 2.29. The molecule has 0 saturated carbocycles. The SMILES string of the molecule is Cc1nc(N(C)C)ncc1C(=O)N[C@H]1Cc2ccccc2[C@@H]1N.Cl. The second-order valence-electron chi connectivity index (χ2n) is 6.07. The number of carbonyl (C=O) groups excluding carboxylic acids is 1. The first-order chi connectivity index (χ1) is 11.0. The van der Waals surface area contributed by atoms with E-state index in [9.17, 15) is 4.79 Å². The van der Waals surface area contributed by atoms with Crippen LogP contribution in [0.3, 0.4) is 0 Å². The van der Waals surface area contributed by atoms with Crippen molar-refractivity contribution in [1.82, 2.24) is 15.3 Å². The first-order valence-electron chi connectivity index (χ1n) is 7.62. The van der Waals surface area contributed by atoms with Crippen molar-refractivity contribution in [1.29, 1.82) is 0 Å². The number of fused-ring (bicyclic) bond motifs is 1. The predicted molar refractivity (Wildman–Crippen MR) is 96.7 cm³/mol. The van der Waals surface area contributed by atoms with Gasteiger partial charge < -0.3 is 16.0 Å². The van der Waals surface area contributed by atoms with Crippen LogP contribution in [0.15, 0.2) is 30.5 Å². The number of halogens is 1. The van der Waals surface area contributed by atoms with Gasteiger partial charge >= 0.3 is 0 Å². The lowest BCUT2D eigenvalue weighted by Gasteiger charge is -2.19. The number of hydrogen-bond acceptors (Lipinski definition) is 5. The van der Waals surface area contributed by atoms with Crippen molar-refractivity contribution >= 4 is 24.3 Å². The molecular weight excluding hydrogens is 326 g/mol. The van der Waals surface area contributed by atoms with E-state index in [2.05, 4.69) is 21.4 Å². The Morgan fingerprint density at radius 1 is 1.33 bits per heavy atom. The highest BCUT2D eigenvalue weighted by molar-refractivity contribution is 5.95. The third-order valence-electron chi connectivity index (χ3n) is 4.22. The second-order valence-corrected chi connectivity index (χ2v) is 6.07. The van der Waals surface area contributed by atoms with Gasteiger partial charge in [0.1, 0.15) is 0 Å². The van der Waals surface area contributed by atoms with E-state index in [1.54, 1.807) is 11.1 Å². The summed E-state index contributed by atoms with van der Waals surface area (Å²) in [5, 5.41) is 3.02. The van der Waals surface area contributed by atoms with E-state index in [1.165, 1.54) is 5.56 Å². The lowest BCUT2D eigenvalue weighted by Crippen LogP contribution is -2.41. The highest BCUT2D eigenvalue weighted by atomic mass is 35.5. The lowest BCUT2D eigenvalue weighted by molar-refractivity contribution is 0.0932. The molecule has 1 amide bonds. The van der Waals surface area contributed by atoms with Crippen LogP contribution in [-0.2, 0) is 6.42 Å². The number of hydrogen-bond donors (Lipinski definition) is 2. The van der Waals surface area contributed by atoms with Crippen molar-refractivity contribution in [2.75, 3.05) is 19.0 Å². The number of aromatic nitrogens is 2. The quantitative estimate of drug-likeness (QED) is 0.881. The monoisotopic (exact) mass is 347 g/mol. The zero-order valence-corrected chi connectivity index (χ0v) is 14.8. The molecule has 0 bridgehead atoms. The summed E-state index contributed by atoms with van der Waals surface area (Å²) in [7, 11) is 3.73. The maximum absolute atomic E-state index is 12.5. The smallest absolute Gasteiger partial charge is 0.254 e. The molecule has 1 aliphatic carbocycles. The molecule has 1 aromatic heterocycles. The van der Waals surface area contributed by atoms with Crippen LogP contribution < -0.4 is 16.0 Å². The summed E-state index contributed by atoms with van der Waals surface area (Å²) in [5.41, 5.74) is 9.71. The van der Waals surface area contributed by atoms with E-state index in [-0.39, 0.29) is 30.4 Å². The number of amides is 1. The van der Waals surface area contributed by atoms with Crippen molar-refractivity contribution in [2.45, 2.75) is 25.4 Å². The zero-order valence-electron chi connectivity index (χ0n) is 14.0. The lowest BCUT2D eigenvalue weighted by atomic mass is 10.1. The third-order valence-corrected chi connectivity index (χ3v) is 4.22. The molecule has 0 spiro atoms. The van der Waals surface area contributed by atoms with Crippen molar-refractivity contribution in [3.8, 4) is 0 Å². The Kier molecular flexibility index (Phi) is 5.41. The van der Waals surface area contributed by atoms with Gasteiger partial charge in [0.15, 0.2) is 0 Å². The molecule has 128 valence electrons. The van der Waals surface area contributed by atoms with Crippen molar-refractivity contribution in [3.05, 3.63) is 52.8 Å². The highest BCUT2D eigenvalue weighted by Gasteiger charge is 2.31. The molecule has 1 heterocycles. The van der Waals surface area contributed by atoms with Crippen LogP contribution in [0.25, 0.3) is 0 Å². The fourth-order valence-corrected chi connectivity index (χ4v) is 2.91. The van der Waals surface area contributed by atoms with Crippen LogP contribution in [-0.4, -0.2) is 36.0 Å². The number of aryl methyl sites for hydroxylation is 1. The van der Waals surface area contributed by atoms with Gasteiger partial charge in [-0.25, -0.2) is 9.97 Å². The number of anilines is 1. The second kappa shape index (κ2) is 7.15. The van der Waals surface area contributed by atoms with Crippen molar-refractivity contribution < 1.29 is 4.79 Å². The van der Waals surface area contributed by atoms with E-state index < -0.39 is 0 Å². The summed E-state index contributed by atoms with van der Waals surface area (Å²) in [6.45, 7) is 1.81. The average molecular weight is 348 g/mol. The predicted octanol–water partition coefficient (Wildman–Crippen LogP) is 1.63. The van der Waals surface area contributed by atoms with Crippen LogP contribution in [0.4, 0.5) is 5.95 Å². The molecule has 24 heavy (non-hydrogen) atoms. The van der Waals surface area contributed by atoms with E-state index >= 15 is 0 Å². The number of carbonyl (C=O) groups is 1. The average Bonchev–Trinajstić information content (AvgIpc) is 2.83. The van der Waals surface area contributed by atoms with E-state index in [1.807, 2.05) is 39.2 Å². The molecule has 2 aromatic rings. The van der Waals surface area contributed by atoms with Gasteiger partial charge in [-0.05, 0) is 24.5 Å². The van der Waals surface area contributed by atoms with Gasteiger partial charge in [-0.3, -0.25) is 4.79 Å². The van der Waals surface area contributed by atoms with Crippen molar-refractivity contribution in [3.63, 3.8) is 0 Å². The largest absolute Gasteiger partial charge is 0.347 e. The number of benzene rings is 1. The molecule has 0 aliphatic heterocycles. The van der Waals surface area contributed by atoms with Gasteiger partial charge in [0, 0.05) is 20.3 Å². The molecule has 1 aliphatic rings. The summed E-state index contributed by atoms with van der Waals surface area (Å²) >= 11 is 0. The topological polar surface area (TPSA) is 84.1 Å². The molecule has 0 unspecified atom stereocenters. The Morgan fingerprint density at radius 3 is 2.67 bits per heavy atom. The molecule has 1 aromatic carbocycles. The van der Waals surface area contributed by atoms with Gasteiger partial charge in [-0.15, -0.1) is 12.4 Å².